The number of amides is 1. The number of fused-ring (bicyclic) bond motifs is 2. The van der Waals surface area contributed by atoms with Crippen LogP contribution in [0, 0.1) is 37.5 Å². The van der Waals surface area contributed by atoms with E-state index in [9.17, 15) is 29.4 Å². The van der Waals surface area contributed by atoms with Gasteiger partial charge in [0.2, 0.25) is 0 Å². The Balaban J connectivity index is 1.38. The quantitative estimate of drug-likeness (QED) is 0.111. The van der Waals surface area contributed by atoms with Gasteiger partial charge in [-0.25, -0.2) is 4.79 Å². The van der Waals surface area contributed by atoms with Crippen LogP contribution in [0.4, 0.5) is 10.5 Å². The normalized spacial score (nSPS) is 32.7. The summed E-state index contributed by atoms with van der Waals surface area (Å²) in [4.78, 5) is 65.3. The number of phenolic OH excluding ortho intramolecular Hbond substituents is 1. The van der Waals surface area contributed by atoms with E-state index in [1.165, 1.54) is 6.92 Å². The number of ether oxygens (including phenoxy) is 5. The number of phenols is 1. The Hall–Kier alpha value is -4.93. The number of aromatic nitrogens is 1. The van der Waals surface area contributed by atoms with E-state index >= 15 is 0 Å². The predicted octanol–water partition coefficient (Wildman–Crippen LogP) is 7.85. The maximum absolute atomic E-state index is 14.8. The lowest BCUT2D eigenvalue weighted by Gasteiger charge is -2.47. The summed E-state index contributed by atoms with van der Waals surface area (Å²) >= 11 is 0. The molecule has 3 fully saturated rings. The molecule has 15 heteroatoms. The van der Waals surface area contributed by atoms with Crippen molar-refractivity contribution in [3.8, 4) is 5.75 Å². The van der Waals surface area contributed by atoms with Crippen LogP contribution in [-0.2, 0) is 44.6 Å². The fraction of sp³-hybridized carbons (Fsp3) is 0.611. The molecule has 1 aromatic heterocycles. The highest BCUT2D eigenvalue weighted by atomic mass is 16.7. The van der Waals surface area contributed by atoms with Crippen LogP contribution in [0.25, 0.3) is 17.0 Å². The number of para-hydroxylation sites is 1. The van der Waals surface area contributed by atoms with Gasteiger partial charge in [0, 0.05) is 66.3 Å². The lowest BCUT2D eigenvalue weighted by atomic mass is 9.73. The molecule has 1 amide bonds. The zero-order valence-electron chi connectivity index (χ0n) is 42.9. The summed E-state index contributed by atoms with van der Waals surface area (Å²) in [6.07, 6.45) is 0.326. The smallest absolute Gasteiger partial charge is 0.408 e. The van der Waals surface area contributed by atoms with Crippen molar-refractivity contribution in [3.63, 3.8) is 0 Å². The fourth-order valence-electron chi connectivity index (χ4n) is 11.1. The van der Waals surface area contributed by atoms with E-state index in [4.69, 9.17) is 23.7 Å². The number of rotatable bonds is 13. The molecule has 69 heavy (non-hydrogen) atoms. The molecular weight excluding hydrogens is 881 g/mol. The largest absolute Gasteiger partial charge is 0.507 e. The number of ketones is 2. The zero-order chi connectivity index (χ0) is 50.7. The molecule has 0 bridgehead atoms. The molecule has 0 aliphatic carbocycles. The number of nitrogens with one attached hydrogen (secondary N) is 1. The number of pyridine rings is 1. The highest BCUT2D eigenvalue weighted by Crippen LogP contribution is 2.41. The van der Waals surface area contributed by atoms with E-state index < -0.39 is 95.5 Å². The number of hydrogen-bond donors (Lipinski definition) is 3. The van der Waals surface area contributed by atoms with Crippen molar-refractivity contribution in [2.24, 2.45) is 23.7 Å². The molecule has 4 heterocycles. The SMILES string of the molecule is CC[C@@H]1OC(=O)[C@H](C)C(=O)[C@H](C)[C@@H](OC2O[C@H](C)C[C@H](N(C)Cc3c(C)c(N(CC)CC)cc(C)c3O)[C@H]2O)[C@@](C)(OC/C=C/c2cnc3ccccc3c2)C[C@@H](C)C(=O)[C@@H](C)[C@H]2NC(=O)O[C@]12C. The van der Waals surface area contributed by atoms with Crippen molar-refractivity contribution in [1.29, 1.82) is 0 Å². The number of aryl methyl sites for hydroxylation is 1. The first kappa shape index (κ1) is 53.4. The number of alkyl carbamates (subject to hydrolysis) is 1. The van der Waals surface area contributed by atoms with Crippen LogP contribution in [0.2, 0.25) is 0 Å². The topological polar surface area (TPSA) is 186 Å². The summed E-state index contributed by atoms with van der Waals surface area (Å²) in [6, 6.07) is 10.4. The molecule has 3 aromatic rings. The number of carbonyl (C=O) groups is 4. The number of likely N-dealkylation sites (N-methyl/N-ethyl adjacent to an activating group) is 1. The standard InChI is InChI=1S/C54H76N4O11/c1-14-43-54(12)48(56-52(64)69-54)34(8)44(59)31(5)27-53(11,65-23-19-20-37-26-38-21-17-18-22-40(38)55-28-37)49(35(9)46(61)36(10)50(63)67-43)68-51-47(62)42(25-32(6)66-51)57(13)29-39-33(7)41(58(15-2)16-3)24-30(4)45(39)60/h17-22,24,26,28,31-32,34-36,42-43,47-49,51,60,62H,14-16,23,25,27,29H2,1-13H3,(H,56,64)/b20-19+/t31-,32-,34-,35+,36-,42+,43+,47-,48-,49-,51?,53+,54-/m1/s1. The van der Waals surface area contributed by atoms with E-state index in [1.54, 1.807) is 47.7 Å². The Morgan fingerprint density at radius 3 is 2.35 bits per heavy atom. The third-order valence-electron chi connectivity index (χ3n) is 15.2. The molecule has 3 N–H and O–H groups in total. The van der Waals surface area contributed by atoms with Gasteiger partial charge in [-0.1, -0.05) is 58.0 Å². The van der Waals surface area contributed by atoms with Gasteiger partial charge in [0.15, 0.2) is 17.7 Å². The maximum Gasteiger partial charge on any atom is 0.408 e. The van der Waals surface area contributed by atoms with Gasteiger partial charge < -0.3 is 44.1 Å². The summed E-state index contributed by atoms with van der Waals surface area (Å²) in [7, 11) is 1.90. The van der Waals surface area contributed by atoms with E-state index in [2.05, 4.69) is 29.0 Å². The van der Waals surface area contributed by atoms with Gasteiger partial charge in [0.25, 0.3) is 0 Å². The number of benzene rings is 2. The van der Waals surface area contributed by atoms with E-state index in [-0.39, 0.29) is 31.0 Å². The molecule has 0 spiro atoms. The van der Waals surface area contributed by atoms with Crippen molar-refractivity contribution >= 4 is 46.3 Å². The fourth-order valence-corrected chi connectivity index (χ4v) is 11.1. The lowest BCUT2D eigenvalue weighted by molar-refractivity contribution is -0.297. The van der Waals surface area contributed by atoms with Gasteiger partial charge in [0.05, 0.1) is 36.0 Å². The van der Waals surface area contributed by atoms with Gasteiger partial charge in [-0.05, 0) is 117 Å². The Bertz CT molecular complexity index is 2370. The van der Waals surface area contributed by atoms with E-state index in [1.807, 2.05) is 81.3 Å². The summed E-state index contributed by atoms with van der Waals surface area (Å²) in [5.41, 5.74) is 2.34. The van der Waals surface area contributed by atoms with Crippen molar-refractivity contribution in [2.45, 2.75) is 163 Å². The first-order chi connectivity index (χ1) is 32.6. The number of cyclic esters (lactones) is 1. The van der Waals surface area contributed by atoms with Crippen LogP contribution in [0.5, 0.6) is 5.75 Å². The molecule has 3 aliphatic rings. The monoisotopic (exact) mass is 957 g/mol. The zero-order valence-corrected chi connectivity index (χ0v) is 42.9. The number of nitrogens with zero attached hydrogens (tertiary/aromatic N) is 3. The number of anilines is 1. The summed E-state index contributed by atoms with van der Waals surface area (Å²) in [5, 5.41) is 27.6. The Morgan fingerprint density at radius 2 is 1.67 bits per heavy atom. The molecule has 15 nitrogen and oxygen atoms in total. The predicted molar refractivity (Wildman–Crippen MR) is 265 cm³/mol. The molecule has 2 aromatic carbocycles. The Morgan fingerprint density at radius 1 is 0.971 bits per heavy atom. The average Bonchev–Trinajstić information content (AvgIpc) is 3.64. The van der Waals surface area contributed by atoms with Crippen LogP contribution in [0.1, 0.15) is 111 Å². The van der Waals surface area contributed by atoms with E-state index in [0.29, 0.717) is 13.0 Å². The van der Waals surface area contributed by atoms with E-state index in [0.717, 1.165) is 51.9 Å². The number of esters is 1. The van der Waals surface area contributed by atoms with Crippen LogP contribution in [-0.4, -0.2) is 124 Å². The highest BCUT2D eigenvalue weighted by molar-refractivity contribution is 6.00. The summed E-state index contributed by atoms with van der Waals surface area (Å²) in [5.74, 6) is -5.23. The highest BCUT2D eigenvalue weighted by Gasteiger charge is 2.57. The number of hydrogen-bond acceptors (Lipinski definition) is 14. The minimum atomic E-state index is -1.44. The van der Waals surface area contributed by atoms with Crippen molar-refractivity contribution in [3.05, 3.63) is 70.9 Å². The second-order valence-corrected chi connectivity index (χ2v) is 20.1. The molecule has 13 atom stereocenters. The van der Waals surface area contributed by atoms with Gasteiger partial charge in [-0.2, -0.15) is 0 Å². The molecule has 6 rings (SSSR count). The van der Waals surface area contributed by atoms with Crippen LogP contribution < -0.4 is 10.2 Å². The second kappa shape index (κ2) is 22.0. The number of aliphatic hydroxyl groups excluding tert-OH is 1. The first-order valence-corrected chi connectivity index (χ1v) is 24.8. The Labute approximate surface area is 408 Å². The molecule has 3 aliphatic heterocycles. The first-order valence-electron chi connectivity index (χ1n) is 24.8. The van der Waals surface area contributed by atoms with Crippen LogP contribution >= 0.6 is 0 Å². The lowest BCUT2D eigenvalue weighted by Crippen LogP contribution is -2.60. The van der Waals surface area contributed by atoms with Crippen molar-refractivity contribution < 1.29 is 53.1 Å². The maximum atomic E-state index is 14.8. The molecule has 0 saturated carbocycles. The minimum absolute atomic E-state index is 0.0194. The molecule has 0 radical (unpaired) electrons. The van der Waals surface area contributed by atoms with Gasteiger partial charge in [-0.15, -0.1) is 0 Å². The molecule has 1 unspecified atom stereocenters. The molecular formula is C54H76N4O11. The third kappa shape index (κ3) is 11.2. The van der Waals surface area contributed by atoms with Gasteiger partial charge in [-0.3, -0.25) is 24.3 Å². The van der Waals surface area contributed by atoms with Crippen LogP contribution in [0.15, 0.2) is 48.7 Å². The van der Waals surface area contributed by atoms with Gasteiger partial charge in [0.1, 0.15) is 29.7 Å². The second-order valence-electron chi connectivity index (χ2n) is 20.1. The molecule has 378 valence electrons. The number of aliphatic hydroxyl groups is 1. The van der Waals surface area contributed by atoms with Gasteiger partial charge >= 0.3 is 12.1 Å². The Kier molecular flexibility index (Phi) is 17.0. The number of aromatic hydroxyl groups is 1. The van der Waals surface area contributed by atoms with Crippen LogP contribution in [0.3, 0.4) is 0 Å². The number of carbonyl (C=O) groups excluding carboxylic acids is 4. The average molecular weight is 957 g/mol. The minimum Gasteiger partial charge on any atom is -0.507 e. The van der Waals surface area contributed by atoms with Crippen molar-refractivity contribution in [1.82, 2.24) is 15.2 Å². The summed E-state index contributed by atoms with van der Waals surface area (Å²) < 4.78 is 32.1. The third-order valence-corrected chi connectivity index (χ3v) is 15.2. The number of Topliss-reactive ketones (excluding diaryl/α,β-unsaturated/α-hetero) is 2. The van der Waals surface area contributed by atoms with Crippen molar-refractivity contribution in [2.75, 3.05) is 31.6 Å². The summed E-state index contributed by atoms with van der Waals surface area (Å²) in [6.45, 7) is 23.8. The molecule has 3 saturated heterocycles.